The lowest BCUT2D eigenvalue weighted by atomic mass is 10.1. The number of benzene rings is 2. The number of ether oxygens (including phenoxy) is 1. The molecule has 10 heteroatoms. The molecule has 0 aliphatic heterocycles. The first kappa shape index (κ1) is 21.0. The van der Waals surface area contributed by atoms with Gasteiger partial charge in [0.25, 0.3) is 0 Å². The summed E-state index contributed by atoms with van der Waals surface area (Å²) >= 11 is 0. The lowest BCUT2D eigenvalue weighted by Gasteiger charge is -2.18. The highest BCUT2D eigenvalue weighted by Gasteiger charge is 2.30. The van der Waals surface area contributed by atoms with Crippen molar-refractivity contribution in [2.75, 3.05) is 5.75 Å². The number of alkyl carbamates (subject to hydrolysis) is 1. The molecule has 0 saturated carbocycles. The van der Waals surface area contributed by atoms with Crippen LogP contribution in [0.3, 0.4) is 0 Å². The van der Waals surface area contributed by atoms with E-state index in [0.29, 0.717) is 5.56 Å². The Labute approximate surface area is 158 Å². The van der Waals surface area contributed by atoms with Crippen molar-refractivity contribution in [1.82, 2.24) is 5.32 Å². The van der Waals surface area contributed by atoms with Gasteiger partial charge in [-0.25, -0.2) is 13.2 Å². The van der Waals surface area contributed by atoms with Crippen LogP contribution in [0.15, 0.2) is 54.6 Å². The minimum Gasteiger partial charge on any atom is -0.445 e. The van der Waals surface area contributed by atoms with Crippen LogP contribution in [0.1, 0.15) is 22.7 Å². The third kappa shape index (κ3) is 7.10. The highest BCUT2D eigenvalue weighted by Crippen LogP contribution is 2.30. The van der Waals surface area contributed by atoms with E-state index in [1.54, 1.807) is 30.3 Å². The third-order valence-corrected chi connectivity index (χ3v) is 4.62. The van der Waals surface area contributed by atoms with Crippen LogP contribution in [-0.4, -0.2) is 20.3 Å². The van der Waals surface area contributed by atoms with Gasteiger partial charge >= 0.3 is 12.3 Å². The average molecular weight is 422 g/mol. The van der Waals surface area contributed by atoms with Gasteiger partial charge in [-0.05, 0) is 23.3 Å². The zero-order chi connectivity index (χ0) is 20.1. The Kier molecular flexibility index (Phi) is 6.72. The van der Waals surface area contributed by atoms with E-state index in [4.69, 9.17) is 15.4 Å². The zero-order valence-corrected chi connectivity index (χ0v) is 15.3. The molecule has 1 unspecified atom stereocenters. The van der Waals surface area contributed by atoms with Gasteiger partial charge in [0.2, 0.25) is 9.05 Å². The molecule has 0 aromatic heterocycles. The molecule has 0 fully saturated rings. The van der Waals surface area contributed by atoms with Crippen LogP contribution < -0.4 is 5.32 Å². The number of alkyl halides is 3. The van der Waals surface area contributed by atoms with Crippen LogP contribution in [0.5, 0.6) is 0 Å². The molecule has 1 amide bonds. The minimum atomic E-state index is -4.53. The van der Waals surface area contributed by atoms with E-state index in [0.717, 1.165) is 24.3 Å². The van der Waals surface area contributed by atoms with Gasteiger partial charge in [0.05, 0.1) is 17.4 Å². The van der Waals surface area contributed by atoms with Crippen LogP contribution in [-0.2, 0) is 26.6 Å². The first-order valence-electron chi connectivity index (χ1n) is 7.61. The molecule has 0 saturated heterocycles. The quantitative estimate of drug-likeness (QED) is 0.708. The summed E-state index contributed by atoms with van der Waals surface area (Å²) in [7, 11) is 1.20. The van der Waals surface area contributed by atoms with Crippen molar-refractivity contribution in [1.29, 1.82) is 0 Å². The van der Waals surface area contributed by atoms with Crippen LogP contribution in [0.2, 0.25) is 0 Å². The molecule has 2 rings (SSSR count). The lowest BCUT2D eigenvalue weighted by molar-refractivity contribution is -0.137. The van der Waals surface area contributed by atoms with Crippen molar-refractivity contribution in [2.45, 2.75) is 18.8 Å². The van der Waals surface area contributed by atoms with Gasteiger partial charge in [0.15, 0.2) is 0 Å². The Morgan fingerprint density at radius 3 is 2.19 bits per heavy atom. The largest absolute Gasteiger partial charge is 0.445 e. The molecular formula is C17H15ClF3NO4S. The van der Waals surface area contributed by atoms with E-state index in [1.165, 1.54) is 0 Å². The Bertz CT molecular complexity index is 871. The predicted molar refractivity (Wildman–Crippen MR) is 93.6 cm³/mol. The SMILES string of the molecule is O=C(NC(CS(=O)(=O)Cl)c1ccc(C(F)(F)F)cc1)OCc1ccccc1. The van der Waals surface area contributed by atoms with Crippen molar-refractivity contribution in [3.63, 3.8) is 0 Å². The van der Waals surface area contributed by atoms with Gasteiger partial charge in [0.1, 0.15) is 6.61 Å². The zero-order valence-electron chi connectivity index (χ0n) is 13.7. The second-order valence-corrected chi connectivity index (χ2v) is 8.41. The van der Waals surface area contributed by atoms with E-state index in [2.05, 4.69) is 5.32 Å². The summed E-state index contributed by atoms with van der Waals surface area (Å²) in [6.45, 7) is -0.0555. The molecule has 0 radical (unpaired) electrons. The molecule has 27 heavy (non-hydrogen) atoms. The minimum absolute atomic E-state index is 0.0555. The smallest absolute Gasteiger partial charge is 0.416 e. The Morgan fingerprint density at radius 2 is 1.67 bits per heavy atom. The maximum atomic E-state index is 12.7. The number of hydrogen-bond acceptors (Lipinski definition) is 4. The summed E-state index contributed by atoms with van der Waals surface area (Å²) in [6, 6.07) is 11.3. The molecule has 0 aliphatic rings. The van der Waals surface area contributed by atoms with Gasteiger partial charge in [-0.2, -0.15) is 13.2 Å². The number of carbonyl (C=O) groups is 1. The van der Waals surface area contributed by atoms with Crippen LogP contribution >= 0.6 is 10.7 Å². The summed E-state index contributed by atoms with van der Waals surface area (Å²) < 4.78 is 65.8. The highest BCUT2D eigenvalue weighted by atomic mass is 35.7. The van der Waals surface area contributed by atoms with Crippen molar-refractivity contribution >= 4 is 25.8 Å². The van der Waals surface area contributed by atoms with Gasteiger partial charge in [-0.3, -0.25) is 0 Å². The fourth-order valence-electron chi connectivity index (χ4n) is 2.23. The summed E-state index contributed by atoms with van der Waals surface area (Å²) in [5, 5.41) is 2.31. The Hall–Kier alpha value is -2.26. The van der Waals surface area contributed by atoms with Gasteiger partial charge in [-0.15, -0.1) is 0 Å². The van der Waals surface area contributed by atoms with Crippen molar-refractivity contribution < 1.29 is 31.1 Å². The van der Waals surface area contributed by atoms with Crippen LogP contribution in [0.4, 0.5) is 18.0 Å². The average Bonchev–Trinajstić information content (AvgIpc) is 2.58. The van der Waals surface area contributed by atoms with Crippen molar-refractivity contribution in [2.24, 2.45) is 0 Å². The fourth-order valence-corrected chi connectivity index (χ4v) is 3.28. The van der Waals surface area contributed by atoms with Crippen molar-refractivity contribution in [3.8, 4) is 0 Å². The second-order valence-electron chi connectivity index (χ2n) is 5.58. The molecule has 1 atom stereocenters. The summed E-state index contributed by atoms with van der Waals surface area (Å²) in [5.41, 5.74) is -0.0436. The Balaban J connectivity index is 2.10. The molecule has 5 nitrogen and oxygen atoms in total. The van der Waals surface area contributed by atoms with Gasteiger partial charge < -0.3 is 10.1 Å². The number of halogens is 4. The number of nitrogens with one attached hydrogen (secondary N) is 1. The van der Waals surface area contributed by atoms with Gasteiger partial charge in [0, 0.05) is 10.7 Å². The maximum Gasteiger partial charge on any atom is 0.416 e. The first-order valence-corrected chi connectivity index (χ1v) is 10.1. The van der Waals surface area contributed by atoms with Crippen LogP contribution in [0, 0.1) is 0 Å². The molecule has 146 valence electrons. The maximum absolute atomic E-state index is 12.7. The molecule has 2 aromatic carbocycles. The Morgan fingerprint density at radius 1 is 1.07 bits per heavy atom. The summed E-state index contributed by atoms with van der Waals surface area (Å²) in [6.07, 6.45) is -5.46. The predicted octanol–water partition coefficient (Wildman–Crippen LogP) is 4.24. The standard InChI is InChI=1S/C17H15ClF3NO4S/c18-27(24,25)11-15(13-6-8-14(9-7-13)17(19,20)21)22-16(23)26-10-12-4-2-1-3-5-12/h1-9,15H,10-11H2,(H,22,23). The topological polar surface area (TPSA) is 72.5 Å². The highest BCUT2D eigenvalue weighted by molar-refractivity contribution is 8.13. The molecular weight excluding hydrogens is 407 g/mol. The third-order valence-electron chi connectivity index (χ3n) is 3.51. The second kappa shape index (κ2) is 8.62. The fraction of sp³-hybridized carbons (Fsp3) is 0.235. The van der Waals surface area contributed by atoms with E-state index < -0.39 is 38.7 Å². The molecule has 1 N–H and O–H groups in total. The number of amides is 1. The molecule has 0 aliphatic carbocycles. The normalized spacial score (nSPS) is 13.0. The summed E-state index contributed by atoms with van der Waals surface area (Å²) in [5.74, 6) is -0.708. The molecule has 0 spiro atoms. The molecule has 0 bridgehead atoms. The van der Waals surface area contributed by atoms with Gasteiger partial charge in [-0.1, -0.05) is 42.5 Å². The van der Waals surface area contributed by atoms with E-state index >= 15 is 0 Å². The number of rotatable bonds is 6. The monoisotopic (exact) mass is 421 g/mol. The summed E-state index contributed by atoms with van der Waals surface area (Å²) in [4.78, 5) is 12.0. The molecule has 0 heterocycles. The van der Waals surface area contributed by atoms with Crippen molar-refractivity contribution in [3.05, 3.63) is 71.3 Å². The number of carbonyl (C=O) groups excluding carboxylic acids is 1. The molecule has 2 aromatic rings. The first-order chi connectivity index (χ1) is 12.5. The van der Waals surface area contributed by atoms with E-state index in [1.807, 2.05) is 0 Å². The van der Waals surface area contributed by atoms with E-state index in [9.17, 15) is 26.4 Å². The lowest BCUT2D eigenvalue weighted by Crippen LogP contribution is -2.32. The number of hydrogen-bond donors (Lipinski definition) is 1. The van der Waals surface area contributed by atoms with Crippen LogP contribution in [0.25, 0.3) is 0 Å². The van der Waals surface area contributed by atoms with E-state index in [-0.39, 0.29) is 12.2 Å².